The fourth-order valence-electron chi connectivity index (χ4n) is 2.05. The number of benzene rings is 1. The molecule has 0 heterocycles. The van der Waals surface area contributed by atoms with Crippen LogP contribution < -0.4 is 10.6 Å². The van der Waals surface area contributed by atoms with Crippen LogP contribution in [0.5, 0.6) is 0 Å². The first-order valence-corrected chi connectivity index (χ1v) is 7.78. The van der Waals surface area contributed by atoms with Crippen LogP contribution in [0.15, 0.2) is 24.3 Å². The number of carboxylic acids is 1. The maximum Gasteiger partial charge on any atom is 0.303 e. The molecule has 0 spiro atoms. The van der Waals surface area contributed by atoms with Crippen LogP contribution in [0.3, 0.4) is 0 Å². The number of Topliss-reactive ketones (excluding diaryl/α,β-unsaturated/α-hetero) is 1. The van der Waals surface area contributed by atoms with E-state index in [1.54, 1.807) is 12.1 Å². The molecule has 1 aromatic rings. The number of nitrogens with one attached hydrogen (secondary N) is 2. The summed E-state index contributed by atoms with van der Waals surface area (Å²) in [5.74, 6) is -0.828. The summed E-state index contributed by atoms with van der Waals surface area (Å²) in [7, 11) is 0. The lowest BCUT2D eigenvalue weighted by Crippen LogP contribution is -2.34. The molecule has 6 nitrogen and oxygen atoms in total. The molecule has 1 amide bonds. The van der Waals surface area contributed by atoms with Crippen LogP contribution in [0, 0.1) is 0 Å². The number of carbonyl (C=O) groups is 3. The standard InChI is InChI=1S/C17H24N2O4/c1-13(20)15-8-6-14(7-9-15)11-18-12-16(21)19-10-4-2-3-5-17(22)23/h6-9,18H,2-5,10-12H2,1H3,(H,19,21)(H,22,23). The summed E-state index contributed by atoms with van der Waals surface area (Å²) in [6.45, 7) is 2.88. The minimum absolute atomic E-state index is 0.0345. The van der Waals surface area contributed by atoms with E-state index >= 15 is 0 Å². The zero-order valence-corrected chi connectivity index (χ0v) is 13.4. The van der Waals surface area contributed by atoms with Crippen molar-refractivity contribution in [1.29, 1.82) is 0 Å². The van der Waals surface area contributed by atoms with Crippen molar-refractivity contribution in [2.45, 2.75) is 39.2 Å². The number of hydrogen-bond acceptors (Lipinski definition) is 4. The number of hydrogen-bond donors (Lipinski definition) is 3. The number of rotatable bonds is 11. The third-order valence-corrected chi connectivity index (χ3v) is 3.36. The van der Waals surface area contributed by atoms with Crippen LogP contribution in [-0.4, -0.2) is 35.9 Å². The normalized spacial score (nSPS) is 10.3. The van der Waals surface area contributed by atoms with E-state index in [9.17, 15) is 14.4 Å². The highest BCUT2D eigenvalue weighted by Crippen LogP contribution is 2.04. The van der Waals surface area contributed by atoms with E-state index < -0.39 is 5.97 Å². The lowest BCUT2D eigenvalue weighted by atomic mass is 10.1. The minimum atomic E-state index is -0.783. The molecule has 0 radical (unpaired) electrons. The second kappa shape index (κ2) is 10.5. The summed E-state index contributed by atoms with van der Waals surface area (Å²) in [5, 5.41) is 14.3. The van der Waals surface area contributed by atoms with Gasteiger partial charge in [0, 0.05) is 25.1 Å². The lowest BCUT2D eigenvalue weighted by molar-refractivity contribution is -0.137. The van der Waals surface area contributed by atoms with Gasteiger partial charge in [0.05, 0.1) is 6.54 Å². The molecule has 0 aliphatic rings. The maximum atomic E-state index is 11.6. The SMILES string of the molecule is CC(=O)c1ccc(CNCC(=O)NCCCCCC(=O)O)cc1. The number of carboxylic acid groups (broad SMARTS) is 1. The number of amides is 1. The Kier molecular flexibility index (Phi) is 8.60. The zero-order chi connectivity index (χ0) is 17.1. The van der Waals surface area contributed by atoms with Crippen molar-refractivity contribution in [3.05, 3.63) is 35.4 Å². The van der Waals surface area contributed by atoms with Gasteiger partial charge in [-0.2, -0.15) is 0 Å². The van der Waals surface area contributed by atoms with Crippen molar-refractivity contribution in [1.82, 2.24) is 10.6 Å². The molecule has 0 bridgehead atoms. The van der Waals surface area contributed by atoms with Crippen molar-refractivity contribution < 1.29 is 19.5 Å². The first kappa shape index (κ1) is 18.8. The largest absolute Gasteiger partial charge is 0.481 e. The fourth-order valence-corrected chi connectivity index (χ4v) is 2.05. The van der Waals surface area contributed by atoms with E-state index in [1.165, 1.54) is 6.92 Å². The number of carbonyl (C=O) groups excluding carboxylic acids is 2. The van der Waals surface area contributed by atoms with Crippen LogP contribution in [0.25, 0.3) is 0 Å². The molecule has 0 unspecified atom stereocenters. The topological polar surface area (TPSA) is 95.5 Å². The van der Waals surface area contributed by atoms with Crippen molar-refractivity contribution in [3.63, 3.8) is 0 Å². The average molecular weight is 320 g/mol. The van der Waals surface area contributed by atoms with Crippen LogP contribution in [0.2, 0.25) is 0 Å². The first-order valence-electron chi connectivity index (χ1n) is 7.78. The molecule has 6 heteroatoms. The van der Waals surface area contributed by atoms with Gasteiger partial charge in [-0.15, -0.1) is 0 Å². The highest BCUT2D eigenvalue weighted by atomic mass is 16.4. The molecular weight excluding hydrogens is 296 g/mol. The molecule has 3 N–H and O–H groups in total. The Balaban J connectivity index is 2.09. The zero-order valence-electron chi connectivity index (χ0n) is 13.4. The minimum Gasteiger partial charge on any atom is -0.481 e. The van der Waals surface area contributed by atoms with Gasteiger partial charge in [0.25, 0.3) is 0 Å². The molecular formula is C17H24N2O4. The van der Waals surface area contributed by atoms with E-state index in [0.29, 0.717) is 25.1 Å². The Labute approximate surface area is 136 Å². The smallest absolute Gasteiger partial charge is 0.303 e. The number of aliphatic carboxylic acids is 1. The molecule has 0 aromatic heterocycles. The van der Waals surface area contributed by atoms with Gasteiger partial charge in [0.2, 0.25) is 5.91 Å². The molecule has 0 atom stereocenters. The van der Waals surface area contributed by atoms with E-state index in [-0.39, 0.29) is 24.7 Å². The Bertz CT molecular complexity index is 526. The van der Waals surface area contributed by atoms with Crippen LogP contribution in [0.4, 0.5) is 0 Å². The van der Waals surface area contributed by atoms with E-state index in [1.807, 2.05) is 12.1 Å². The Morgan fingerprint density at radius 1 is 1.04 bits per heavy atom. The molecule has 0 aliphatic heterocycles. The predicted molar refractivity (Wildman–Crippen MR) is 87.3 cm³/mol. The van der Waals surface area contributed by atoms with Gasteiger partial charge in [-0.3, -0.25) is 14.4 Å². The molecule has 1 aromatic carbocycles. The molecule has 23 heavy (non-hydrogen) atoms. The quantitative estimate of drug-likeness (QED) is 0.426. The molecule has 0 aliphatic carbocycles. The van der Waals surface area contributed by atoms with Gasteiger partial charge in [-0.25, -0.2) is 0 Å². The Morgan fingerprint density at radius 2 is 1.74 bits per heavy atom. The van der Waals surface area contributed by atoms with Gasteiger partial charge >= 0.3 is 5.97 Å². The van der Waals surface area contributed by atoms with Gasteiger partial charge in [0.1, 0.15) is 0 Å². The monoisotopic (exact) mass is 320 g/mol. The number of ketones is 1. The molecule has 0 fully saturated rings. The van der Waals surface area contributed by atoms with Crippen molar-refractivity contribution in [2.24, 2.45) is 0 Å². The van der Waals surface area contributed by atoms with Crippen LogP contribution in [-0.2, 0) is 16.1 Å². The molecule has 0 saturated carbocycles. The highest BCUT2D eigenvalue weighted by Gasteiger charge is 2.02. The summed E-state index contributed by atoms with van der Waals surface area (Å²) < 4.78 is 0. The van der Waals surface area contributed by atoms with Gasteiger partial charge < -0.3 is 15.7 Å². The van der Waals surface area contributed by atoms with E-state index in [4.69, 9.17) is 5.11 Å². The van der Waals surface area contributed by atoms with Crippen LogP contribution >= 0.6 is 0 Å². The second-order valence-electron chi connectivity index (χ2n) is 5.41. The predicted octanol–water partition coefficient (Wildman–Crippen LogP) is 1.74. The maximum absolute atomic E-state index is 11.6. The number of unbranched alkanes of at least 4 members (excludes halogenated alkanes) is 2. The van der Waals surface area contributed by atoms with Crippen molar-refractivity contribution >= 4 is 17.7 Å². The third kappa shape index (κ3) is 8.73. The highest BCUT2D eigenvalue weighted by molar-refractivity contribution is 5.94. The van der Waals surface area contributed by atoms with E-state index in [2.05, 4.69) is 10.6 Å². The van der Waals surface area contributed by atoms with E-state index in [0.717, 1.165) is 18.4 Å². The summed E-state index contributed by atoms with van der Waals surface area (Å²) in [4.78, 5) is 33.1. The summed E-state index contributed by atoms with van der Waals surface area (Å²) in [6, 6.07) is 7.28. The first-order chi connectivity index (χ1) is 11.0. The summed E-state index contributed by atoms with van der Waals surface area (Å²) in [5.41, 5.74) is 1.69. The van der Waals surface area contributed by atoms with Gasteiger partial charge in [0.15, 0.2) is 5.78 Å². The Hall–Kier alpha value is -2.21. The lowest BCUT2D eigenvalue weighted by Gasteiger charge is -2.07. The fraction of sp³-hybridized carbons (Fsp3) is 0.471. The molecule has 0 saturated heterocycles. The molecule has 126 valence electrons. The summed E-state index contributed by atoms with van der Waals surface area (Å²) in [6.07, 6.45) is 2.39. The van der Waals surface area contributed by atoms with Gasteiger partial charge in [-0.1, -0.05) is 30.7 Å². The third-order valence-electron chi connectivity index (χ3n) is 3.36. The average Bonchev–Trinajstić information content (AvgIpc) is 2.51. The molecule has 1 rings (SSSR count). The van der Waals surface area contributed by atoms with Crippen LogP contribution in [0.1, 0.15) is 48.5 Å². The summed E-state index contributed by atoms with van der Waals surface area (Å²) >= 11 is 0. The van der Waals surface area contributed by atoms with Crippen molar-refractivity contribution in [3.8, 4) is 0 Å². The van der Waals surface area contributed by atoms with Gasteiger partial charge in [-0.05, 0) is 25.3 Å². The second-order valence-corrected chi connectivity index (χ2v) is 5.41. The Morgan fingerprint density at radius 3 is 2.35 bits per heavy atom. The van der Waals surface area contributed by atoms with Crippen molar-refractivity contribution in [2.75, 3.05) is 13.1 Å².